The van der Waals surface area contributed by atoms with E-state index in [0.717, 1.165) is 10.0 Å². The number of nitrogens with one attached hydrogen (secondary N) is 1. The van der Waals surface area contributed by atoms with Gasteiger partial charge in [-0.25, -0.2) is 0 Å². The first-order chi connectivity index (χ1) is 6.45. The molecule has 1 rings (SSSR count). The van der Waals surface area contributed by atoms with Crippen LogP contribution < -0.4 is 5.32 Å². The predicted octanol–water partition coefficient (Wildman–Crippen LogP) is 2.48. The van der Waals surface area contributed by atoms with Crippen LogP contribution in [0, 0.1) is 0 Å². The molecule has 0 saturated heterocycles. The fourth-order valence-corrected chi connectivity index (χ4v) is 2.03. The van der Waals surface area contributed by atoms with Gasteiger partial charge in [-0.3, -0.25) is 0 Å². The van der Waals surface area contributed by atoms with E-state index in [9.17, 15) is 5.11 Å². The second-order valence-electron chi connectivity index (χ2n) is 3.93. The van der Waals surface area contributed by atoms with Crippen molar-refractivity contribution in [1.29, 1.82) is 0 Å². The van der Waals surface area contributed by atoms with Crippen LogP contribution in [0.5, 0.6) is 0 Å². The third-order valence-corrected chi connectivity index (χ3v) is 2.67. The second kappa shape index (κ2) is 4.43. The molecule has 78 valence electrons. The van der Waals surface area contributed by atoms with Crippen molar-refractivity contribution >= 4 is 15.9 Å². The lowest BCUT2D eigenvalue weighted by Gasteiger charge is -2.29. The first kappa shape index (κ1) is 11.7. The minimum absolute atomic E-state index is 0.0556. The van der Waals surface area contributed by atoms with Crippen LogP contribution in [0.15, 0.2) is 28.7 Å². The van der Waals surface area contributed by atoms with Crippen molar-refractivity contribution in [3.63, 3.8) is 0 Å². The summed E-state index contributed by atoms with van der Waals surface area (Å²) in [6, 6.07) is 7.90. The molecule has 1 atom stereocenters. The zero-order valence-electron chi connectivity index (χ0n) is 8.71. The number of rotatable bonds is 3. The molecule has 1 unspecified atom stereocenters. The van der Waals surface area contributed by atoms with Crippen LogP contribution in [-0.4, -0.2) is 17.8 Å². The lowest BCUT2D eigenvalue weighted by atomic mass is 9.92. The summed E-state index contributed by atoms with van der Waals surface area (Å²) in [5, 5.41) is 13.1. The molecule has 0 heterocycles. The van der Waals surface area contributed by atoms with Crippen LogP contribution in [0.2, 0.25) is 0 Å². The van der Waals surface area contributed by atoms with Gasteiger partial charge in [0.25, 0.3) is 0 Å². The number of likely N-dealkylation sites (N-methyl/N-ethyl adjacent to an activating group) is 1. The molecule has 2 N–H and O–H groups in total. The fraction of sp³-hybridized carbons (Fsp3) is 0.455. The maximum absolute atomic E-state index is 9.94. The van der Waals surface area contributed by atoms with Crippen molar-refractivity contribution < 1.29 is 5.11 Å². The summed E-state index contributed by atoms with van der Waals surface area (Å²) in [6.07, 6.45) is 0. The van der Waals surface area contributed by atoms with Gasteiger partial charge in [0.2, 0.25) is 0 Å². The average Bonchev–Trinajstić information content (AvgIpc) is 2.02. The van der Waals surface area contributed by atoms with Crippen LogP contribution in [0.3, 0.4) is 0 Å². The predicted molar refractivity (Wildman–Crippen MR) is 62.2 cm³/mol. The smallest absolute Gasteiger partial charge is 0.0785 e. The van der Waals surface area contributed by atoms with Crippen molar-refractivity contribution in [2.45, 2.75) is 25.5 Å². The van der Waals surface area contributed by atoms with Crippen molar-refractivity contribution in [3.05, 3.63) is 34.3 Å². The zero-order chi connectivity index (χ0) is 10.8. The molecule has 1 aromatic carbocycles. The van der Waals surface area contributed by atoms with E-state index in [-0.39, 0.29) is 6.04 Å². The van der Waals surface area contributed by atoms with E-state index in [1.807, 2.05) is 31.3 Å². The Balaban J connectivity index is 3.01. The van der Waals surface area contributed by atoms with Gasteiger partial charge in [-0.2, -0.15) is 0 Å². The molecule has 14 heavy (non-hydrogen) atoms. The van der Waals surface area contributed by atoms with Gasteiger partial charge in [-0.1, -0.05) is 28.1 Å². The highest BCUT2D eigenvalue weighted by atomic mass is 79.9. The van der Waals surface area contributed by atoms with Crippen molar-refractivity contribution in [1.82, 2.24) is 5.32 Å². The van der Waals surface area contributed by atoms with E-state index in [2.05, 4.69) is 21.2 Å². The molecule has 0 amide bonds. The van der Waals surface area contributed by atoms with Gasteiger partial charge >= 0.3 is 0 Å². The summed E-state index contributed by atoms with van der Waals surface area (Å²) in [6.45, 7) is 3.60. The Hall–Kier alpha value is -0.380. The first-order valence-electron chi connectivity index (χ1n) is 4.60. The van der Waals surface area contributed by atoms with Gasteiger partial charge < -0.3 is 10.4 Å². The van der Waals surface area contributed by atoms with E-state index in [1.165, 1.54) is 0 Å². The molecule has 2 nitrogen and oxygen atoms in total. The highest BCUT2D eigenvalue weighted by Gasteiger charge is 2.26. The maximum Gasteiger partial charge on any atom is 0.0785 e. The summed E-state index contributed by atoms with van der Waals surface area (Å²) >= 11 is 3.42. The van der Waals surface area contributed by atoms with Gasteiger partial charge in [-0.05, 0) is 38.6 Å². The van der Waals surface area contributed by atoms with Gasteiger partial charge in [-0.15, -0.1) is 0 Å². The van der Waals surface area contributed by atoms with Crippen molar-refractivity contribution in [2.24, 2.45) is 0 Å². The van der Waals surface area contributed by atoms with Gasteiger partial charge in [0.05, 0.1) is 11.6 Å². The van der Waals surface area contributed by atoms with E-state index in [0.29, 0.717) is 0 Å². The third kappa shape index (κ3) is 2.80. The summed E-state index contributed by atoms with van der Waals surface area (Å²) in [5.41, 5.74) is 0.310. The molecule has 0 aliphatic rings. The Kier molecular flexibility index (Phi) is 3.70. The molecule has 0 aliphatic heterocycles. The molecule has 0 saturated carbocycles. The number of hydrogen-bond acceptors (Lipinski definition) is 2. The normalized spacial score (nSPS) is 14.1. The van der Waals surface area contributed by atoms with E-state index in [4.69, 9.17) is 0 Å². The first-order valence-corrected chi connectivity index (χ1v) is 5.39. The molecule has 0 aliphatic carbocycles. The molecule has 0 aromatic heterocycles. The fourth-order valence-electron chi connectivity index (χ4n) is 1.61. The number of hydrogen-bond donors (Lipinski definition) is 2. The van der Waals surface area contributed by atoms with Gasteiger partial charge in [0.1, 0.15) is 0 Å². The number of halogens is 1. The Morgan fingerprint density at radius 2 is 2.07 bits per heavy atom. The summed E-state index contributed by atoms with van der Waals surface area (Å²) < 4.78 is 1.03. The third-order valence-electron chi connectivity index (χ3n) is 2.18. The average molecular weight is 258 g/mol. The quantitative estimate of drug-likeness (QED) is 0.873. The van der Waals surface area contributed by atoms with Gasteiger partial charge in [0, 0.05) is 4.47 Å². The Labute approximate surface area is 93.5 Å². The van der Waals surface area contributed by atoms with Crippen LogP contribution in [0.4, 0.5) is 0 Å². The maximum atomic E-state index is 9.94. The number of benzene rings is 1. The van der Waals surface area contributed by atoms with E-state index >= 15 is 0 Å². The molecular formula is C11H16BrNO. The molecule has 1 aromatic rings. The summed E-state index contributed by atoms with van der Waals surface area (Å²) in [5.74, 6) is 0. The highest BCUT2D eigenvalue weighted by molar-refractivity contribution is 9.10. The van der Waals surface area contributed by atoms with Gasteiger partial charge in [0.15, 0.2) is 0 Å². The largest absolute Gasteiger partial charge is 0.388 e. The Morgan fingerprint density at radius 3 is 2.50 bits per heavy atom. The van der Waals surface area contributed by atoms with Crippen LogP contribution >= 0.6 is 15.9 Å². The molecule has 0 fully saturated rings. The lowest BCUT2D eigenvalue weighted by Crippen LogP contribution is -2.37. The van der Waals surface area contributed by atoms with Crippen LogP contribution in [0.25, 0.3) is 0 Å². The molecule has 0 bridgehead atoms. The topological polar surface area (TPSA) is 32.3 Å². The highest BCUT2D eigenvalue weighted by Crippen LogP contribution is 2.26. The standard InChI is InChI=1S/C11H16BrNO/c1-11(2,14)10(13-3)8-5-4-6-9(12)7-8/h4-7,10,13-14H,1-3H3. The van der Waals surface area contributed by atoms with Crippen LogP contribution in [0.1, 0.15) is 25.5 Å². The number of aliphatic hydroxyl groups is 1. The summed E-state index contributed by atoms with van der Waals surface area (Å²) in [4.78, 5) is 0. The Morgan fingerprint density at radius 1 is 1.43 bits per heavy atom. The molecule has 3 heteroatoms. The lowest BCUT2D eigenvalue weighted by molar-refractivity contribution is 0.0400. The van der Waals surface area contributed by atoms with E-state index in [1.54, 1.807) is 13.8 Å². The zero-order valence-corrected chi connectivity index (χ0v) is 10.3. The monoisotopic (exact) mass is 257 g/mol. The van der Waals surface area contributed by atoms with E-state index < -0.39 is 5.60 Å². The second-order valence-corrected chi connectivity index (χ2v) is 4.85. The Bertz CT molecular complexity index is 306. The molecule has 0 spiro atoms. The molecule has 0 radical (unpaired) electrons. The minimum atomic E-state index is -0.768. The van der Waals surface area contributed by atoms with Crippen molar-refractivity contribution in [3.8, 4) is 0 Å². The molecular weight excluding hydrogens is 242 g/mol. The van der Waals surface area contributed by atoms with Crippen LogP contribution in [-0.2, 0) is 0 Å². The SMILES string of the molecule is CNC(c1cccc(Br)c1)C(C)(C)O. The van der Waals surface area contributed by atoms with Crippen molar-refractivity contribution in [2.75, 3.05) is 7.05 Å². The minimum Gasteiger partial charge on any atom is -0.388 e. The summed E-state index contributed by atoms with van der Waals surface area (Å²) in [7, 11) is 1.85.